The van der Waals surface area contributed by atoms with Crippen molar-refractivity contribution in [1.29, 1.82) is 0 Å². The molecule has 0 aromatic heterocycles. The van der Waals surface area contributed by atoms with Crippen LogP contribution in [-0.2, 0) is 10.1 Å². The largest absolute Gasteiger partial charge is 1.00 e. The van der Waals surface area contributed by atoms with Gasteiger partial charge in [0, 0.05) is 6.07 Å². The van der Waals surface area contributed by atoms with Crippen molar-refractivity contribution in [1.82, 2.24) is 9.97 Å². The Kier molecular flexibility index (Phi) is 3.55. The van der Waals surface area contributed by atoms with Crippen LogP contribution in [0.4, 0.5) is 0 Å². The quantitative estimate of drug-likeness (QED) is 0.368. The monoisotopic (exact) mass is 252 g/mol. The van der Waals surface area contributed by atoms with Gasteiger partial charge in [0.2, 0.25) is 5.43 Å². The first-order valence-electron chi connectivity index (χ1n) is 3.33. The first-order chi connectivity index (χ1) is 6.39. The third kappa shape index (κ3) is 2.23. The molecule has 15 heavy (non-hydrogen) atoms. The molecule has 0 aromatic rings. The summed E-state index contributed by atoms with van der Waals surface area (Å²) in [4.78, 5) is 28.2. The number of nitrogens with zero attached hydrogens (tertiary/aromatic N) is 2. The summed E-state index contributed by atoms with van der Waals surface area (Å²) in [5.41, 5.74) is -2.33. The van der Waals surface area contributed by atoms with E-state index in [-0.39, 0.29) is 62.8 Å². The van der Waals surface area contributed by atoms with Gasteiger partial charge in [-0.05, 0) is 0 Å². The fraction of sp³-hybridized carbons (Fsp3) is 0. The molecule has 0 fully saturated rings. The fourth-order valence-electron chi connectivity index (χ4n) is 1.07. The molecule has 0 amide bonds. The summed E-state index contributed by atoms with van der Waals surface area (Å²) in [6, 6.07) is 0.894. The topological polar surface area (TPSA) is 117 Å². The van der Waals surface area contributed by atoms with Gasteiger partial charge in [-0.1, -0.05) is 0 Å². The molecule has 0 spiro atoms. The number of rotatable bonds is 1. The van der Waals surface area contributed by atoms with Crippen LogP contribution in [0.5, 0.6) is 0 Å². The maximum atomic E-state index is 11.1. The average Bonchev–Trinajstić information content (AvgIpc) is 2.49. The Morgan fingerprint density at radius 2 is 1.80 bits per heavy atom. The summed E-state index contributed by atoms with van der Waals surface area (Å²) in [5, 5.41) is -1.10. The van der Waals surface area contributed by atoms with Gasteiger partial charge in [0.1, 0.15) is 21.5 Å². The number of hydrogen-bond acceptors (Lipinski definition) is 7. The summed E-state index contributed by atoms with van der Waals surface area (Å²) in [6.07, 6.45) is 0. The van der Waals surface area contributed by atoms with Crippen molar-refractivity contribution in [2.45, 2.75) is 5.03 Å². The van der Waals surface area contributed by atoms with Gasteiger partial charge < -0.3 is 4.55 Å². The van der Waals surface area contributed by atoms with Crippen molar-refractivity contribution >= 4 is 10.1 Å². The van der Waals surface area contributed by atoms with E-state index in [4.69, 9.17) is 0 Å². The summed E-state index contributed by atoms with van der Waals surface area (Å²) >= 11 is 0. The molecule has 0 radical (unpaired) electrons. The van der Waals surface area contributed by atoms with Gasteiger partial charge in [-0.3, -0.25) is 9.59 Å². The maximum Gasteiger partial charge on any atom is 1.00 e. The predicted molar refractivity (Wildman–Crippen MR) is 41.5 cm³/mol. The summed E-state index contributed by atoms with van der Waals surface area (Å²) in [7, 11) is -4.89. The van der Waals surface area contributed by atoms with Gasteiger partial charge in [0.05, 0.1) is 0 Å². The Balaban J connectivity index is 0.00000112. The van der Waals surface area contributed by atoms with Crippen LogP contribution in [0.25, 0.3) is 11.4 Å². The molecule has 0 saturated heterocycles. The van der Waals surface area contributed by atoms with Gasteiger partial charge in [0.15, 0.2) is 5.03 Å². The van der Waals surface area contributed by atoms with E-state index in [1.54, 1.807) is 0 Å². The number of hydrogen-bond donors (Lipinski definition) is 0. The molecule has 0 N–H and O–H groups in total. The summed E-state index contributed by atoms with van der Waals surface area (Å²) < 4.78 is 31.4. The van der Waals surface area contributed by atoms with Crippen molar-refractivity contribution < 1.29 is 64.4 Å². The molecule has 0 unspecified atom stereocenters. The van der Waals surface area contributed by atoms with Crippen molar-refractivity contribution in [2.75, 3.05) is 0 Å². The minimum absolute atomic E-state index is 0. The van der Waals surface area contributed by atoms with Crippen LogP contribution in [0.3, 0.4) is 0 Å². The second kappa shape index (κ2) is 4.09. The van der Waals surface area contributed by atoms with Crippen LogP contribution in [-0.4, -0.2) is 22.9 Å². The Labute approximate surface area is 126 Å². The third-order valence-corrected chi connectivity index (χ3v) is 2.34. The van der Waals surface area contributed by atoms with E-state index >= 15 is 0 Å². The molecule has 9 heteroatoms. The van der Waals surface area contributed by atoms with E-state index in [0.717, 1.165) is 6.07 Å². The van der Waals surface area contributed by atoms with Crippen molar-refractivity contribution in [3.63, 3.8) is 0 Å². The fourth-order valence-corrected chi connectivity index (χ4v) is 1.60. The second-order valence-electron chi connectivity index (χ2n) is 2.53. The molecule has 0 saturated carbocycles. The Morgan fingerprint density at radius 1 is 1.20 bits per heavy atom. The molecule has 72 valence electrons. The second-order valence-corrected chi connectivity index (χ2v) is 3.82. The van der Waals surface area contributed by atoms with Crippen molar-refractivity contribution in [3.8, 4) is 11.4 Å². The normalized spacial score (nSPS) is 11.5. The van der Waals surface area contributed by atoms with Gasteiger partial charge in [0.25, 0.3) is 5.56 Å². The third-order valence-electron chi connectivity index (χ3n) is 1.59. The Morgan fingerprint density at radius 3 is 2.27 bits per heavy atom. The molecule has 0 atom stereocenters. The summed E-state index contributed by atoms with van der Waals surface area (Å²) in [5.74, 6) is 0. The van der Waals surface area contributed by atoms with Gasteiger partial charge in [-0.25, -0.2) is 18.4 Å². The molecule has 0 bridgehead atoms. The van der Waals surface area contributed by atoms with Crippen molar-refractivity contribution in [3.05, 3.63) is 26.6 Å². The van der Waals surface area contributed by atoms with E-state index in [2.05, 4.69) is 9.97 Å². The van der Waals surface area contributed by atoms with Gasteiger partial charge in [-0.2, -0.15) is 0 Å². The Hall–Kier alpha value is -0.0336. The number of aromatic nitrogens is 2. The molecule has 0 aromatic carbocycles. The molecule has 2 rings (SSSR count). The minimum atomic E-state index is -4.89. The SMILES string of the molecule is O=c1cc2nc(S(=O)(=O)[O-])c(=O)c-2n1.[K+]. The zero-order chi connectivity index (χ0) is 10.5. The molecule has 2 aliphatic rings. The maximum absolute atomic E-state index is 11.1. The van der Waals surface area contributed by atoms with Crippen LogP contribution in [0, 0.1) is 0 Å². The summed E-state index contributed by atoms with van der Waals surface area (Å²) in [6.45, 7) is 0. The minimum Gasteiger partial charge on any atom is -0.743 e. The van der Waals surface area contributed by atoms with Crippen LogP contribution in [0.2, 0.25) is 0 Å². The molecule has 2 heterocycles. The molecular formula is C6HKN2O5S. The predicted octanol–water partition coefficient (Wildman–Crippen LogP) is -4.91. The van der Waals surface area contributed by atoms with Gasteiger partial charge >= 0.3 is 51.4 Å². The standard InChI is InChI=1S/C6H2N2O5S.K/c9-3-1-2-4(8-3)5(10)6(7-2)14(11,12)13;/h1H,(H,11,12,13);/q;+1/p-1. The Bertz CT molecular complexity index is 657. The molecular weight excluding hydrogens is 251 g/mol. The van der Waals surface area contributed by atoms with Crippen LogP contribution < -0.4 is 62.4 Å². The number of fused-ring (bicyclic) bond motifs is 1. The van der Waals surface area contributed by atoms with E-state index in [1.165, 1.54) is 0 Å². The van der Waals surface area contributed by atoms with E-state index in [0.29, 0.717) is 0 Å². The van der Waals surface area contributed by atoms with E-state index < -0.39 is 26.1 Å². The van der Waals surface area contributed by atoms with Gasteiger partial charge in [-0.15, -0.1) is 0 Å². The van der Waals surface area contributed by atoms with Crippen LogP contribution >= 0.6 is 0 Å². The van der Waals surface area contributed by atoms with E-state index in [1.807, 2.05) is 0 Å². The first-order valence-corrected chi connectivity index (χ1v) is 4.74. The smallest absolute Gasteiger partial charge is 0.743 e. The van der Waals surface area contributed by atoms with Crippen LogP contribution in [0.15, 0.2) is 20.7 Å². The van der Waals surface area contributed by atoms with Crippen LogP contribution in [0.1, 0.15) is 0 Å². The average molecular weight is 252 g/mol. The first kappa shape index (κ1) is 13.0. The zero-order valence-electron chi connectivity index (χ0n) is 7.42. The molecule has 7 nitrogen and oxygen atoms in total. The zero-order valence-corrected chi connectivity index (χ0v) is 11.4. The molecule has 0 aliphatic carbocycles. The molecule has 2 aliphatic heterocycles. The van der Waals surface area contributed by atoms with E-state index in [9.17, 15) is 22.6 Å². The van der Waals surface area contributed by atoms with Crippen molar-refractivity contribution in [2.24, 2.45) is 0 Å².